The van der Waals surface area contributed by atoms with Gasteiger partial charge >= 0.3 is 6.03 Å². The number of hydrogen-bond donors (Lipinski definition) is 2. The third-order valence-electron chi connectivity index (χ3n) is 2.93. The molecule has 0 atom stereocenters. The largest absolute Gasteiger partial charge is 0.497 e. The van der Waals surface area contributed by atoms with Crippen molar-refractivity contribution < 1.29 is 13.9 Å². The van der Waals surface area contributed by atoms with Crippen molar-refractivity contribution in [2.24, 2.45) is 0 Å². The Morgan fingerprint density at radius 2 is 1.95 bits per heavy atom. The van der Waals surface area contributed by atoms with Crippen molar-refractivity contribution in [3.8, 4) is 5.75 Å². The number of urea groups is 1. The van der Waals surface area contributed by atoms with Gasteiger partial charge in [0.15, 0.2) is 0 Å². The Morgan fingerprint density at radius 3 is 2.50 bits per heavy atom. The van der Waals surface area contributed by atoms with Gasteiger partial charge < -0.3 is 19.8 Å². The molecule has 0 saturated heterocycles. The lowest BCUT2D eigenvalue weighted by Gasteiger charge is -2.07. The SMILES string of the molecule is COc1ccc(NC(=O)NCc2cc(C)oc2C)cc1. The molecule has 0 bridgehead atoms. The van der Waals surface area contributed by atoms with Gasteiger partial charge in [-0.1, -0.05) is 0 Å². The Bertz CT molecular complexity index is 588. The lowest BCUT2D eigenvalue weighted by molar-refractivity contribution is 0.251. The Labute approximate surface area is 117 Å². The molecule has 1 aromatic carbocycles. The van der Waals surface area contributed by atoms with Crippen LogP contribution in [0, 0.1) is 13.8 Å². The van der Waals surface area contributed by atoms with Crippen molar-refractivity contribution in [2.45, 2.75) is 20.4 Å². The van der Waals surface area contributed by atoms with Crippen LogP contribution in [0.4, 0.5) is 10.5 Å². The molecule has 5 nitrogen and oxygen atoms in total. The normalized spacial score (nSPS) is 10.2. The lowest BCUT2D eigenvalue weighted by Crippen LogP contribution is -2.28. The Hall–Kier alpha value is -2.43. The molecule has 0 aliphatic rings. The second-order valence-electron chi connectivity index (χ2n) is 4.47. The molecule has 0 saturated carbocycles. The van der Waals surface area contributed by atoms with Crippen molar-refractivity contribution >= 4 is 11.7 Å². The first kappa shape index (κ1) is 14.0. The van der Waals surface area contributed by atoms with E-state index >= 15 is 0 Å². The fourth-order valence-corrected chi connectivity index (χ4v) is 1.88. The number of hydrogen-bond acceptors (Lipinski definition) is 3. The molecule has 0 spiro atoms. The summed E-state index contributed by atoms with van der Waals surface area (Å²) in [6.07, 6.45) is 0. The van der Waals surface area contributed by atoms with Crippen molar-refractivity contribution in [2.75, 3.05) is 12.4 Å². The number of benzene rings is 1. The number of furan rings is 1. The standard InChI is InChI=1S/C15H18N2O3/c1-10-8-12(11(2)20-10)9-16-15(18)17-13-4-6-14(19-3)7-5-13/h4-8H,9H2,1-3H3,(H2,16,17,18). The van der Waals surface area contributed by atoms with Gasteiger partial charge in [0.25, 0.3) is 0 Å². The fourth-order valence-electron chi connectivity index (χ4n) is 1.88. The molecule has 2 N–H and O–H groups in total. The summed E-state index contributed by atoms with van der Waals surface area (Å²) in [5, 5.41) is 5.54. The van der Waals surface area contributed by atoms with E-state index in [0.29, 0.717) is 12.2 Å². The minimum atomic E-state index is -0.256. The quantitative estimate of drug-likeness (QED) is 0.899. The van der Waals surface area contributed by atoms with Gasteiger partial charge in [0, 0.05) is 17.8 Å². The summed E-state index contributed by atoms with van der Waals surface area (Å²) < 4.78 is 10.5. The van der Waals surface area contributed by atoms with Gasteiger partial charge in [0.2, 0.25) is 0 Å². The molecule has 20 heavy (non-hydrogen) atoms. The summed E-state index contributed by atoms with van der Waals surface area (Å²) in [5.74, 6) is 2.42. The molecular weight excluding hydrogens is 256 g/mol. The van der Waals surface area contributed by atoms with Gasteiger partial charge in [0.1, 0.15) is 17.3 Å². The molecule has 0 fully saturated rings. The molecule has 0 unspecified atom stereocenters. The zero-order valence-corrected chi connectivity index (χ0v) is 11.8. The molecule has 0 aliphatic heterocycles. The topological polar surface area (TPSA) is 63.5 Å². The van der Waals surface area contributed by atoms with Crippen molar-refractivity contribution in [1.29, 1.82) is 0 Å². The predicted octanol–water partition coefficient (Wildman–Crippen LogP) is 3.23. The molecule has 2 aromatic rings. The first-order valence-electron chi connectivity index (χ1n) is 6.33. The van der Waals surface area contributed by atoms with E-state index in [1.807, 2.05) is 19.9 Å². The number of anilines is 1. The summed E-state index contributed by atoms with van der Waals surface area (Å²) in [7, 11) is 1.60. The first-order chi connectivity index (χ1) is 9.58. The first-order valence-corrected chi connectivity index (χ1v) is 6.33. The summed E-state index contributed by atoms with van der Waals surface area (Å²) >= 11 is 0. The van der Waals surface area contributed by atoms with Gasteiger partial charge in [-0.2, -0.15) is 0 Å². The fraction of sp³-hybridized carbons (Fsp3) is 0.267. The van der Waals surface area contributed by atoms with Crippen LogP contribution in [0.25, 0.3) is 0 Å². The Kier molecular flexibility index (Phi) is 4.30. The highest BCUT2D eigenvalue weighted by Crippen LogP contribution is 2.15. The van der Waals surface area contributed by atoms with Gasteiger partial charge in [0.05, 0.1) is 7.11 Å². The van der Waals surface area contributed by atoms with Crippen molar-refractivity contribution in [3.05, 3.63) is 47.4 Å². The van der Waals surface area contributed by atoms with Crippen LogP contribution in [0.2, 0.25) is 0 Å². The predicted molar refractivity (Wildman–Crippen MR) is 77.0 cm³/mol. The molecular formula is C15H18N2O3. The summed E-state index contributed by atoms with van der Waals surface area (Å²) in [6.45, 7) is 4.20. The molecule has 2 amide bonds. The van der Waals surface area contributed by atoms with Crippen LogP contribution < -0.4 is 15.4 Å². The van der Waals surface area contributed by atoms with Crippen LogP contribution in [0.5, 0.6) is 5.75 Å². The van der Waals surface area contributed by atoms with Crippen molar-refractivity contribution in [3.63, 3.8) is 0 Å². The van der Waals surface area contributed by atoms with Crippen LogP contribution in [0.15, 0.2) is 34.7 Å². The number of carbonyl (C=O) groups excluding carboxylic acids is 1. The van der Waals surface area contributed by atoms with E-state index in [0.717, 1.165) is 22.8 Å². The zero-order valence-electron chi connectivity index (χ0n) is 11.8. The number of aryl methyl sites for hydroxylation is 2. The van der Waals surface area contributed by atoms with Gasteiger partial charge in [-0.25, -0.2) is 4.79 Å². The molecule has 0 aliphatic carbocycles. The maximum Gasteiger partial charge on any atom is 0.319 e. The van der Waals surface area contributed by atoms with E-state index in [9.17, 15) is 4.79 Å². The van der Waals surface area contributed by atoms with E-state index in [-0.39, 0.29) is 6.03 Å². The van der Waals surface area contributed by atoms with Crippen molar-refractivity contribution in [1.82, 2.24) is 5.32 Å². The average molecular weight is 274 g/mol. The van der Waals surface area contributed by atoms with E-state index < -0.39 is 0 Å². The zero-order chi connectivity index (χ0) is 14.5. The van der Waals surface area contributed by atoms with Gasteiger partial charge in [-0.15, -0.1) is 0 Å². The molecule has 1 heterocycles. The highest BCUT2D eigenvalue weighted by molar-refractivity contribution is 5.89. The maximum absolute atomic E-state index is 11.8. The number of ether oxygens (including phenoxy) is 1. The van der Waals surface area contributed by atoms with E-state index in [2.05, 4.69) is 10.6 Å². The summed E-state index contributed by atoms with van der Waals surface area (Å²) in [4.78, 5) is 11.8. The van der Waals surface area contributed by atoms with E-state index in [1.165, 1.54) is 0 Å². The molecule has 2 rings (SSSR count). The van der Waals surface area contributed by atoms with Crippen LogP contribution in [-0.4, -0.2) is 13.1 Å². The number of methoxy groups -OCH3 is 1. The Balaban J connectivity index is 1.87. The smallest absolute Gasteiger partial charge is 0.319 e. The van der Waals surface area contributed by atoms with Crippen LogP contribution in [0.1, 0.15) is 17.1 Å². The maximum atomic E-state index is 11.8. The van der Waals surface area contributed by atoms with Gasteiger partial charge in [-0.3, -0.25) is 0 Å². The number of rotatable bonds is 4. The minimum Gasteiger partial charge on any atom is -0.497 e. The van der Waals surface area contributed by atoms with E-state index in [4.69, 9.17) is 9.15 Å². The number of amides is 2. The second kappa shape index (κ2) is 6.14. The summed E-state index contributed by atoms with van der Waals surface area (Å²) in [5.41, 5.74) is 1.69. The highest BCUT2D eigenvalue weighted by Gasteiger charge is 2.07. The number of nitrogens with one attached hydrogen (secondary N) is 2. The van der Waals surface area contributed by atoms with E-state index in [1.54, 1.807) is 31.4 Å². The Morgan fingerprint density at radius 1 is 1.25 bits per heavy atom. The van der Waals surface area contributed by atoms with Crippen LogP contribution in [0.3, 0.4) is 0 Å². The summed E-state index contributed by atoms with van der Waals surface area (Å²) in [6, 6.07) is 8.81. The van der Waals surface area contributed by atoms with Crippen LogP contribution >= 0.6 is 0 Å². The molecule has 106 valence electrons. The number of carbonyl (C=O) groups is 1. The molecule has 1 aromatic heterocycles. The third kappa shape index (κ3) is 3.54. The average Bonchev–Trinajstić information content (AvgIpc) is 2.75. The minimum absolute atomic E-state index is 0.256. The lowest BCUT2D eigenvalue weighted by atomic mass is 10.2. The van der Waals surface area contributed by atoms with Crippen LogP contribution in [-0.2, 0) is 6.54 Å². The van der Waals surface area contributed by atoms with Gasteiger partial charge in [-0.05, 0) is 44.2 Å². The second-order valence-corrected chi connectivity index (χ2v) is 4.47. The highest BCUT2D eigenvalue weighted by atomic mass is 16.5. The molecule has 0 radical (unpaired) electrons. The monoisotopic (exact) mass is 274 g/mol. The molecule has 5 heteroatoms. The third-order valence-corrected chi connectivity index (χ3v) is 2.93.